The number of carbonyl (C=O) groups excluding carboxylic acids is 1. The SMILES string of the molecule is CCNC(=O)[C@H]1CCCN1S(=O)(=O)c1cccs1. The van der Waals surface area contributed by atoms with E-state index in [1.165, 1.54) is 15.6 Å². The first-order valence-electron chi connectivity index (χ1n) is 5.90. The van der Waals surface area contributed by atoms with Gasteiger partial charge in [0.1, 0.15) is 10.3 Å². The van der Waals surface area contributed by atoms with Crippen LogP contribution in [0.2, 0.25) is 0 Å². The van der Waals surface area contributed by atoms with Crippen molar-refractivity contribution in [2.24, 2.45) is 0 Å². The van der Waals surface area contributed by atoms with Gasteiger partial charge in [-0.15, -0.1) is 11.3 Å². The summed E-state index contributed by atoms with van der Waals surface area (Å²) in [6.45, 7) is 2.76. The third-order valence-corrected chi connectivity index (χ3v) is 6.20. The van der Waals surface area contributed by atoms with E-state index in [1.54, 1.807) is 17.5 Å². The number of hydrogen-bond donors (Lipinski definition) is 1. The molecule has 1 aliphatic rings. The van der Waals surface area contributed by atoms with E-state index < -0.39 is 16.1 Å². The highest BCUT2D eigenvalue weighted by Crippen LogP contribution is 2.28. The standard InChI is InChI=1S/C11H16N2O3S2/c1-2-12-11(14)9-5-3-7-13(9)18(15,16)10-6-4-8-17-10/h4,6,8-9H,2-3,5,7H2,1H3,(H,12,14)/t9-/m1/s1. The summed E-state index contributed by atoms with van der Waals surface area (Å²) < 4.78 is 26.4. The van der Waals surface area contributed by atoms with E-state index in [0.717, 1.165) is 6.42 Å². The summed E-state index contributed by atoms with van der Waals surface area (Å²) in [5.74, 6) is -0.199. The van der Waals surface area contributed by atoms with Crippen molar-refractivity contribution in [1.29, 1.82) is 0 Å². The number of likely N-dealkylation sites (N-methyl/N-ethyl adjacent to an activating group) is 1. The van der Waals surface area contributed by atoms with Gasteiger partial charge in [0.05, 0.1) is 0 Å². The monoisotopic (exact) mass is 288 g/mol. The molecule has 1 aromatic heterocycles. The van der Waals surface area contributed by atoms with Crippen LogP contribution in [0.25, 0.3) is 0 Å². The van der Waals surface area contributed by atoms with E-state index in [0.29, 0.717) is 23.7 Å². The Balaban J connectivity index is 2.24. The minimum Gasteiger partial charge on any atom is -0.355 e. The van der Waals surface area contributed by atoms with Gasteiger partial charge >= 0.3 is 0 Å². The highest BCUT2D eigenvalue weighted by Gasteiger charge is 2.39. The molecule has 1 aliphatic heterocycles. The van der Waals surface area contributed by atoms with Gasteiger partial charge in [-0.3, -0.25) is 4.79 Å². The summed E-state index contributed by atoms with van der Waals surface area (Å²) in [5.41, 5.74) is 0. The van der Waals surface area contributed by atoms with Crippen molar-refractivity contribution < 1.29 is 13.2 Å². The molecule has 1 saturated heterocycles. The molecule has 0 aromatic carbocycles. The quantitative estimate of drug-likeness (QED) is 0.900. The van der Waals surface area contributed by atoms with Gasteiger partial charge < -0.3 is 5.32 Å². The van der Waals surface area contributed by atoms with Gasteiger partial charge in [-0.05, 0) is 31.2 Å². The van der Waals surface area contributed by atoms with Gasteiger partial charge in [-0.25, -0.2) is 8.42 Å². The number of nitrogens with one attached hydrogen (secondary N) is 1. The second-order valence-corrected chi connectivity index (χ2v) is 7.17. The summed E-state index contributed by atoms with van der Waals surface area (Å²) >= 11 is 1.18. The molecule has 1 aromatic rings. The minimum atomic E-state index is -3.52. The predicted octanol–water partition coefficient (Wildman–Crippen LogP) is 1.04. The number of sulfonamides is 1. The fourth-order valence-corrected chi connectivity index (χ4v) is 4.88. The Kier molecular flexibility index (Phi) is 4.04. The molecule has 100 valence electrons. The smallest absolute Gasteiger partial charge is 0.253 e. The Bertz CT molecular complexity index is 510. The first-order chi connectivity index (χ1) is 8.57. The first-order valence-corrected chi connectivity index (χ1v) is 8.22. The van der Waals surface area contributed by atoms with Crippen molar-refractivity contribution in [2.45, 2.75) is 30.0 Å². The molecule has 0 radical (unpaired) electrons. The lowest BCUT2D eigenvalue weighted by molar-refractivity contribution is -0.124. The van der Waals surface area contributed by atoms with Gasteiger partial charge in [0, 0.05) is 13.1 Å². The molecule has 1 fully saturated rings. The molecule has 18 heavy (non-hydrogen) atoms. The molecule has 2 heterocycles. The lowest BCUT2D eigenvalue weighted by Gasteiger charge is -2.22. The molecule has 5 nitrogen and oxygen atoms in total. The van der Waals surface area contributed by atoms with Crippen LogP contribution in [0.1, 0.15) is 19.8 Å². The summed E-state index contributed by atoms with van der Waals surface area (Å²) in [7, 11) is -3.52. The maximum atomic E-state index is 12.4. The van der Waals surface area contributed by atoms with Crippen molar-refractivity contribution in [3.05, 3.63) is 17.5 Å². The first kappa shape index (κ1) is 13.5. The van der Waals surface area contributed by atoms with E-state index >= 15 is 0 Å². The Morgan fingerprint density at radius 1 is 1.61 bits per heavy atom. The topological polar surface area (TPSA) is 66.5 Å². The fourth-order valence-electron chi connectivity index (χ4n) is 2.11. The molecule has 1 N–H and O–H groups in total. The van der Waals surface area contributed by atoms with Crippen LogP contribution in [-0.4, -0.2) is 37.8 Å². The second-order valence-electron chi connectivity index (χ2n) is 4.10. The van der Waals surface area contributed by atoms with Crippen molar-refractivity contribution in [3.8, 4) is 0 Å². The Morgan fingerprint density at radius 3 is 3.00 bits per heavy atom. The van der Waals surface area contributed by atoms with Crippen molar-refractivity contribution in [3.63, 3.8) is 0 Å². The summed E-state index contributed by atoms with van der Waals surface area (Å²) in [6.07, 6.45) is 1.32. The van der Waals surface area contributed by atoms with E-state index in [4.69, 9.17) is 0 Å². The summed E-state index contributed by atoms with van der Waals surface area (Å²) in [4.78, 5) is 11.9. The largest absolute Gasteiger partial charge is 0.355 e. The van der Waals surface area contributed by atoms with Crippen molar-refractivity contribution in [1.82, 2.24) is 9.62 Å². The zero-order valence-corrected chi connectivity index (χ0v) is 11.8. The van der Waals surface area contributed by atoms with Crippen molar-refractivity contribution >= 4 is 27.3 Å². The molecule has 2 rings (SSSR count). The fraction of sp³-hybridized carbons (Fsp3) is 0.545. The number of nitrogens with zero attached hydrogens (tertiary/aromatic N) is 1. The van der Waals surface area contributed by atoms with Crippen LogP contribution < -0.4 is 5.32 Å². The summed E-state index contributed by atoms with van der Waals surface area (Å²) in [5, 5.41) is 4.42. The molecule has 0 spiro atoms. The van der Waals surface area contributed by atoms with Crippen LogP contribution in [0.4, 0.5) is 0 Å². The van der Waals surface area contributed by atoms with Gasteiger partial charge in [0.15, 0.2) is 0 Å². The number of amides is 1. The molecule has 1 atom stereocenters. The van der Waals surface area contributed by atoms with Crippen LogP contribution in [-0.2, 0) is 14.8 Å². The van der Waals surface area contributed by atoms with Crippen molar-refractivity contribution in [2.75, 3.05) is 13.1 Å². The lowest BCUT2D eigenvalue weighted by Crippen LogP contribution is -2.45. The average Bonchev–Trinajstić information content (AvgIpc) is 3.01. The van der Waals surface area contributed by atoms with Gasteiger partial charge in [0.2, 0.25) is 5.91 Å². The third kappa shape index (κ3) is 2.43. The zero-order valence-electron chi connectivity index (χ0n) is 10.1. The second kappa shape index (κ2) is 5.38. The normalized spacial score (nSPS) is 21.1. The highest BCUT2D eigenvalue weighted by atomic mass is 32.2. The minimum absolute atomic E-state index is 0.199. The van der Waals surface area contributed by atoms with Crippen LogP contribution in [0.5, 0.6) is 0 Å². The molecule has 0 aliphatic carbocycles. The van der Waals surface area contributed by atoms with Crippen LogP contribution >= 0.6 is 11.3 Å². The molecular formula is C11H16N2O3S2. The van der Waals surface area contributed by atoms with E-state index in [9.17, 15) is 13.2 Å². The molecule has 1 amide bonds. The third-order valence-electron chi connectivity index (χ3n) is 2.92. The molecule has 0 bridgehead atoms. The molecule has 0 saturated carbocycles. The van der Waals surface area contributed by atoms with Gasteiger partial charge in [-0.2, -0.15) is 4.31 Å². The molecular weight excluding hydrogens is 272 g/mol. The van der Waals surface area contributed by atoms with Crippen LogP contribution in [0.3, 0.4) is 0 Å². The van der Waals surface area contributed by atoms with Gasteiger partial charge in [-0.1, -0.05) is 6.07 Å². The highest BCUT2D eigenvalue weighted by molar-refractivity contribution is 7.91. The maximum absolute atomic E-state index is 12.4. The Labute approximate surface area is 111 Å². The predicted molar refractivity (Wildman–Crippen MR) is 69.9 cm³/mol. The summed E-state index contributed by atoms with van der Waals surface area (Å²) in [6, 6.07) is 2.72. The van der Waals surface area contributed by atoms with E-state index in [-0.39, 0.29) is 5.91 Å². The van der Waals surface area contributed by atoms with Gasteiger partial charge in [0.25, 0.3) is 10.0 Å². The Hall–Kier alpha value is -0.920. The Morgan fingerprint density at radius 2 is 2.39 bits per heavy atom. The number of thiophene rings is 1. The zero-order chi connectivity index (χ0) is 13.2. The molecule has 0 unspecified atom stereocenters. The average molecular weight is 288 g/mol. The van der Waals surface area contributed by atoms with Crippen LogP contribution in [0.15, 0.2) is 21.7 Å². The molecule has 7 heteroatoms. The van der Waals surface area contributed by atoms with E-state index in [2.05, 4.69) is 5.32 Å². The number of hydrogen-bond acceptors (Lipinski definition) is 4. The number of rotatable bonds is 4. The van der Waals surface area contributed by atoms with E-state index in [1.807, 2.05) is 6.92 Å². The number of carbonyl (C=O) groups is 1. The lowest BCUT2D eigenvalue weighted by atomic mass is 10.2. The van der Waals surface area contributed by atoms with Crippen LogP contribution in [0, 0.1) is 0 Å². The maximum Gasteiger partial charge on any atom is 0.253 e.